The van der Waals surface area contributed by atoms with Crippen LogP contribution in [0.2, 0.25) is 0 Å². The summed E-state index contributed by atoms with van der Waals surface area (Å²) in [4.78, 5) is 25.2. The number of hydrogen-bond acceptors (Lipinski definition) is 4. The van der Waals surface area contributed by atoms with Crippen molar-refractivity contribution in [3.8, 4) is 0 Å². The molecule has 0 saturated heterocycles. The summed E-state index contributed by atoms with van der Waals surface area (Å²) in [7, 11) is 0. The number of carbonyl (C=O) groups excluding carboxylic acids is 1. The lowest BCUT2D eigenvalue weighted by molar-refractivity contribution is -0.123. The van der Waals surface area contributed by atoms with Gasteiger partial charge in [-0.2, -0.15) is 5.10 Å². The highest BCUT2D eigenvalue weighted by Crippen LogP contribution is 2.41. The number of aromatic nitrogens is 2. The van der Waals surface area contributed by atoms with Crippen molar-refractivity contribution in [2.75, 3.05) is 0 Å². The summed E-state index contributed by atoms with van der Waals surface area (Å²) < 4.78 is 7.04. The number of carbonyl (C=O) groups is 1. The third-order valence-corrected chi connectivity index (χ3v) is 5.13. The summed E-state index contributed by atoms with van der Waals surface area (Å²) in [6, 6.07) is 9.12. The minimum Gasteiger partial charge on any atom is -0.466 e. The number of aryl methyl sites for hydroxylation is 1. The number of nitrogens with one attached hydrogen (secondary N) is 1. The predicted molar refractivity (Wildman–Crippen MR) is 102 cm³/mol. The zero-order valence-corrected chi connectivity index (χ0v) is 15.8. The number of fused-ring (bicyclic) bond motifs is 2. The molecule has 1 aliphatic carbocycles. The van der Waals surface area contributed by atoms with Gasteiger partial charge in [-0.3, -0.25) is 9.59 Å². The molecule has 0 bridgehead atoms. The van der Waals surface area contributed by atoms with E-state index >= 15 is 0 Å². The van der Waals surface area contributed by atoms with Gasteiger partial charge in [-0.15, -0.1) is 0 Å². The van der Waals surface area contributed by atoms with Crippen LogP contribution in [0.4, 0.5) is 0 Å². The first-order chi connectivity index (χ1) is 12.8. The minimum absolute atomic E-state index is 0.0350. The molecule has 1 N–H and O–H groups in total. The number of nitrogens with zero attached hydrogens (tertiary/aromatic N) is 2. The van der Waals surface area contributed by atoms with E-state index < -0.39 is 0 Å². The lowest BCUT2D eigenvalue weighted by Crippen LogP contribution is -2.39. The summed E-state index contributed by atoms with van der Waals surface area (Å²) in [5.74, 6) is 1.56. The van der Waals surface area contributed by atoms with Crippen molar-refractivity contribution in [3.63, 3.8) is 0 Å². The smallest absolute Gasteiger partial charge is 0.275 e. The normalized spacial score (nSPS) is 18.3. The average Bonchev–Trinajstić information content (AvgIpc) is 2.96. The molecular formula is C21H23N3O3. The number of rotatable bonds is 3. The van der Waals surface area contributed by atoms with Crippen molar-refractivity contribution in [3.05, 3.63) is 64.0 Å². The second-order valence-corrected chi connectivity index (χ2v) is 8.10. The van der Waals surface area contributed by atoms with Gasteiger partial charge in [-0.1, -0.05) is 32.0 Å². The zero-order valence-electron chi connectivity index (χ0n) is 15.8. The molecule has 1 aromatic carbocycles. The molecule has 1 aliphatic rings. The first-order valence-electron chi connectivity index (χ1n) is 9.16. The molecule has 27 heavy (non-hydrogen) atoms. The van der Waals surface area contributed by atoms with Gasteiger partial charge in [0.05, 0.1) is 17.6 Å². The summed E-state index contributed by atoms with van der Waals surface area (Å²) in [5.41, 5.74) is 0.818. The maximum Gasteiger partial charge on any atom is 0.275 e. The molecule has 1 amide bonds. The van der Waals surface area contributed by atoms with E-state index in [-0.39, 0.29) is 29.5 Å². The monoisotopic (exact) mass is 365 g/mol. The van der Waals surface area contributed by atoms with Gasteiger partial charge in [0.25, 0.3) is 5.56 Å². The molecule has 3 aromatic rings. The molecule has 1 atom stereocenters. The second kappa shape index (κ2) is 6.37. The van der Waals surface area contributed by atoms with Crippen LogP contribution in [0.25, 0.3) is 10.8 Å². The van der Waals surface area contributed by atoms with Crippen LogP contribution in [0, 0.1) is 12.3 Å². The highest BCUT2D eigenvalue weighted by atomic mass is 16.3. The topological polar surface area (TPSA) is 77.1 Å². The van der Waals surface area contributed by atoms with Crippen molar-refractivity contribution in [1.82, 2.24) is 15.1 Å². The molecule has 0 aliphatic heterocycles. The van der Waals surface area contributed by atoms with Gasteiger partial charge in [0.1, 0.15) is 18.1 Å². The third kappa shape index (κ3) is 3.39. The van der Waals surface area contributed by atoms with E-state index in [4.69, 9.17) is 4.42 Å². The summed E-state index contributed by atoms with van der Waals surface area (Å²) in [5, 5.41) is 8.54. The molecular weight excluding hydrogens is 342 g/mol. The standard InChI is InChI=1S/C21H23N3O3/c1-13-8-16-17(9-21(2,3)10-18(16)27-13)23-19(25)12-24-20(26)15-7-5-4-6-14(15)11-22-24/h4-8,11,17H,9-10,12H2,1-3H3,(H,23,25). The van der Waals surface area contributed by atoms with Gasteiger partial charge in [-0.05, 0) is 30.9 Å². The molecule has 140 valence electrons. The first-order valence-corrected chi connectivity index (χ1v) is 9.16. The molecule has 0 radical (unpaired) electrons. The minimum atomic E-state index is -0.257. The molecule has 4 rings (SSSR count). The Morgan fingerprint density at radius 1 is 1.37 bits per heavy atom. The van der Waals surface area contributed by atoms with Crippen molar-refractivity contribution in [2.45, 2.75) is 46.2 Å². The van der Waals surface area contributed by atoms with E-state index in [0.717, 1.165) is 35.3 Å². The van der Waals surface area contributed by atoms with E-state index in [1.807, 2.05) is 25.1 Å². The molecule has 0 fully saturated rings. The van der Waals surface area contributed by atoms with Crippen LogP contribution in [0.1, 0.15) is 43.4 Å². The number of furan rings is 1. The number of benzene rings is 1. The van der Waals surface area contributed by atoms with Crippen LogP contribution in [-0.4, -0.2) is 15.7 Å². The predicted octanol–water partition coefficient (Wildman–Crippen LogP) is 3.13. The third-order valence-electron chi connectivity index (χ3n) is 5.13. The van der Waals surface area contributed by atoms with Gasteiger partial charge in [0.2, 0.25) is 5.91 Å². The fourth-order valence-corrected chi connectivity index (χ4v) is 3.93. The van der Waals surface area contributed by atoms with E-state index in [2.05, 4.69) is 24.3 Å². The Kier molecular flexibility index (Phi) is 4.13. The molecule has 6 nitrogen and oxygen atoms in total. The Morgan fingerprint density at radius 2 is 2.15 bits per heavy atom. The largest absolute Gasteiger partial charge is 0.466 e. The molecule has 0 saturated carbocycles. The fourth-order valence-electron chi connectivity index (χ4n) is 3.93. The van der Waals surface area contributed by atoms with Gasteiger partial charge in [0, 0.05) is 17.4 Å². The highest BCUT2D eigenvalue weighted by molar-refractivity contribution is 5.81. The van der Waals surface area contributed by atoms with Crippen molar-refractivity contribution < 1.29 is 9.21 Å². The fraction of sp³-hybridized carbons (Fsp3) is 0.381. The summed E-state index contributed by atoms with van der Waals surface area (Å²) >= 11 is 0. The Labute approximate surface area is 157 Å². The molecule has 6 heteroatoms. The molecule has 1 unspecified atom stereocenters. The van der Waals surface area contributed by atoms with Crippen molar-refractivity contribution in [1.29, 1.82) is 0 Å². The van der Waals surface area contributed by atoms with Crippen LogP contribution in [0.5, 0.6) is 0 Å². The quantitative estimate of drug-likeness (QED) is 0.774. The van der Waals surface area contributed by atoms with Gasteiger partial charge >= 0.3 is 0 Å². The van der Waals surface area contributed by atoms with Crippen LogP contribution in [-0.2, 0) is 17.8 Å². The van der Waals surface area contributed by atoms with E-state index in [1.54, 1.807) is 18.3 Å². The molecule has 0 spiro atoms. The van der Waals surface area contributed by atoms with Crippen LogP contribution in [0.15, 0.2) is 45.7 Å². The van der Waals surface area contributed by atoms with Crippen LogP contribution >= 0.6 is 0 Å². The summed E-state index contributed by atoms with van der Waals surface area (Å²) in [6.07, 6.45) is 3.30. The first kappa shape index (κ1) is 17.5. The van der Waals surface area contributed by atoms with Gasteiger partial charge in [0.15, 0.2) is 0 Å². The molecule has 2 aromatic heterocycles. The van der Waals surface area contributed by atoms with E-state index in [9.17, 15) is 9.59 Å². The van der Waals surface area contributed by atoms with Crippen molar-refractivity contribution >= 4 is 16.7 Å². The lowest BCUT2D eigenvalue weighted by Gasteiger charge is -2.34. The zero-order chi connectivity index (χ0) is 19.2. The second-order valence-electron chi connectivity index (χ2n) is 8.10. The van der Waals surface area contributed by atoms with Gasteiger partial charge < -0.3 is 9.73 Å². The molecule has 2 heterocycles. The van der Waals surface area contributed by atoms with Crippen molar-refractivity contribution in [2.24, 2.45) is 5.41 Å². The van der Waals surface area contributed by atoms with E-state index in [0.29, 0.717) is 5.39 Å². The Balaban J connectivity index is 1.56. The SMILES string of the molecule is Cc1cc2c(o1)CC(C)(C)CC2NC(=O)Cn1ncc2ccccc2c1=O. The van der Waals surface area contributed by atoms with Gasteiger partial charge in [-0.25, -0.2) is 4.68 Å². The maximum atomic E-state index is 12.7. The Hall–Kier alpha value is -2.89. The van der Waals surface area contributed by atoms with E-state index in [1.165, 1.54) is 4.68 Å². The van der Waals surface area contributed by atoms with Crippen LogP contribution < -0.4 is 10.9 Å². The Morgan fingerprint density at radius 3 is 2.96 bits per heavy atom. The van der Waals surface area contributed by atoms with Crippen LogP contribution in [0.3, 0.4) is 0 Å². The summed E-state index contributed by atoms with van der Waals surface area (Å²) in [6.45, 7) is 6.15. The highest BCUT2D eigenvalue weighted by Gasteiger charge is 2.35. The number of hydrogen-bond donors (Lipinski definition) is 1. The lowest BCUT2D eigenvalue weighted by atomic mass is 9.74. The maximum absolute atomic E-state index is 12.7. The number of amides is 1. The average molecular weight is 365 g/mol. The Bertz CT molecular complexity index is 1080.